The minimum atomic E-state index is -3.17. The average Bonchev–Trinajstić information content (AvgIpc) is 2.30. The lowest BCUT2D eigenvalue weighted by molar-refractivity contribution is 0.464. The molecule has 6 heteroatoms. The zero-order valence-electron chi connectivity index (χ0n) is 10.0. The number of nitrogens with two attached hydrogens (primary N) is 1. The van der Waals surface area contributed by atoms with Gasteiger partial charge in [-0.3, -0.25) is 4.98 Å². The van der Waals surface area contributed by atoms with Crippen molar-refractivity contribution < 1.29 is 8.42 Å². The van der Waals surface area contributed by atoms with Crippen LogP contribution in [0.2, 0.25) is 0 Å². The summed E-state index contributed by atoms with van der Waals surface area (Å²) in [5.74, 6) is 0.159. The molecule has 0 aliphatic heterocycles. The molecule has 0 aliphatic rings. The van der Waals surface area contributed by atoms with Crippen LogP contribution in [0.3, 0.4) is 0 Å². The summed E-state index contributed by atoms with van der Waals surface area (Å²) < 4.78 is 25.1. The van der Waals surface area contributed by atoms with Crippen LogP contribution >= 0.6 is 0 Å². The van der Waals surface area contributed by atoms with E-state index in [0.29, 0.717) is 19.5 Å². The fourth-order valence-corrected chi connectivity index (χ4v) is 2.65. The Balaban J connectivity index is 2.54. The van der Waals surface area contributed by atoms with E-state index in [9.17, 15) is 8.42 Å². The number of pyridine rings is 1. The van der Waals surface area contributed by atoms with Gasteiger partial charge in [-0.1, -0.05) is 0 Å². The van der Waals surface area contributed by atoms with Crippen LogP contribution in [0.4, 0.5) is 0 Å². The number of hydrogen-bond acceptors (Lipinski definition) is 4. The fourth-order valence-electron chi connectivity index (χ4n) is 1.43. The van der Waals surface area contributed by atoms with E-state index in [2.05, 4.69) is 4.98 Å². The molecular weight excluding hydrogens is 238 g/mol. The lowest BCUT2D eigenvalue weighted by Crippen LogP contribution is -2.29. The van der Waals surface area contributed by atoms with Gasteiger partial charge >= 0.3 is 0 Å². The highest BCUT2D eigenvalue weighted by Gasteiger charge is 2.17. The van der Waals surface area contributed by atoms with E-state index >= 15 is 0 Å². The van der Waals surface area contributed by atoms with E-state index in [-0.39, 0.29) is 5.75 Å². The molecule has 1 aromatic rings. The van der Waals surface area contributed by atoms with Crippen molar-refractivity contribution in [3.05, 3.63) is 30.1 Å². The number of rotatable bonds is 7. The van der Waals surface area contributed by atoms with Crippen molar-refractivity contribution in [3.63, 3.8) is 0 Å². The highest BCUT2D eigenvalue weighted by Crippen LogP contribution is 2.08. The molecular formula is C11H19N3O2S. The van der Waals surface area contributed by atoms with E-state index in [4.69, 9.17) is 5.73 Å². The van der Waals surface area contributed by atoms with Crippen LogP contribution in [0, 0.1) is 0 Å². The van der Waals surface area contributed by atoms with Gasteiger partial charge in [-0.05, 0) is 37.1 Å². The van der Waals surface area contributed by atoms with Crippen LogP contribution in [0.15, 0.2) is 24.5 Å². The van der Waals surface area contributed by atoms with Crippen LogP contribution in [0.1, 0.15) is 18.4 Å². The van der Waals surface area contributed by atoms with Crippen molar-refractivity contribution in [3.8, 4) is 0 Å². The van der Waals surface area contributed by atoms with Crippen molar-refractivity contribution in [2.45, 2.75) is 19.4 Å². The van der Waals surface area contributed by atoms with Crippen LogP contribution in [-0.2, 0) is 16.6 Å². The monoisotopic (exact) mass is 257 g/mol. The molecule has 0 radical (unpaired) electrons. The van der Waals surface area contributed by atoms with Crippen molar-refractivity contribution in [1.29, 1.82) is 0 Å². The smallest absolute Gasteiger partial charge is 0.214 e. The summed E-state index contributed by atoms with van der Waals surface area (Å²) >= 11 is 0. The third-order valence-electron chi connectivity index (χ3n) is 2.49. The summed E-state index contributed by atoms with van der Waals surface area (Å²) in [6.45, 7) is 0.914. The Morgan fingerprint density at radius 2 is 1.94 bits per heavy atom. The topological polar surface area (TPSA) is 76.3 Å². The minimum Gasteiger partial charge on any atom is -0.330 e. The maximum atomic E-state index is 11.9. The first-order valence-corrected chi connectivity index (χ1v) is 7.20. The molecule has 0 amide bonds. The van der Waals surface area contributed by atoms with E-state index in [1.807, 2.05) is 12.1 Å². The van der Waals surface area contributed by atoms with Gasteiger partial charge in [0.15, 0.2) is 0 Å². The second-order valence-electron chi connectivity index (χ2n) is 3.92. The summed E-state index contributed by atoms with van der Waals surface area (Å²) in [5.41, 5.74) is 6.28. The van der Waals surface area contributed by atoms with E-state index in [1.54, 1.807) is 19.4 Å². The van der Waals surface area contributed by atoms with E-state index in [1.165, 1.54) is 4.31 Å². The summed E-state index contributed by atoms with van der Waals surface area (Å²) in [6.07, 6.45) is 4.66. The quantitative estimate of drug-likeness (QED) is 0.725. The predicted octanol–water partition coefficient (Wildman–Crippen LogP) is 0.582. The number of aromatic nitrogens is 1. The molecule has 5 nitrogen and oxygen atoms in total. The Kier molecular flexibility index (Phi) is 5.54. The van der Waals surface area contributed by atoms with Gasteiger partial charge in [0, 0.05) is 26.0 Å². The first kappa shape index (κ1) is 14.1. The summed E-state index contributed by atoms with van der Waals surface area (Å²) in [6, 6.07) is 3.62. The molecule has 96 valence electrons. The highest BCUT2D eigenvalue weighted by molar-refractivity contribution is 7.89. The van der Waals surface area contributed by atoms with Crippen LogP contribution in [0.25, 0.3) is 0 Å². The molecule has 0 aliphatic carbocycles. The minimum absolute atomic E-state index is 0.159. The molecule has 0 atom stereocenters. The second kappa shape index (κ2) is 6.68. The molecule has 0 spiro atoms. The first-order valence-electron chi connectivity index (χ1n) is 5.59. The Morgan fingerprint density at radius 3 is 2.53 bits per heavy atom. The Morgan fingerprint density at radius 1 is 1.29 bits per heavy atom. The molecule has 0 aromatic carbocycles. The SMILES string of the molecule is CN(Cc1ccncc1)S(=O)(=O)CCCCN. The zero-order chi connectivity index (χ0) is 12.7. The summed E-state index contributed by atoms with van der Waals surface area (Å²) in [5, 5.41) is 0. The summed E-state index contributed by atoms with van der Waals surface area (Å²) in [4.78, 5) is 3.89. The Hall–Kier alpha value is -0.980. The van der Waals surface area contributed by atoms with Gasteiger partial charge in [0.25, 0.3) is 0 Å². The van der Waals surface area contributed by atoms with Crippen LogP contribution in [-0.4, -0.2) is 37.1 Å². The highest BCUT2D eigenvalue weighted by atomic mass is 32.2. The lowest BCUT2D eigenvalue weighted by Gasteiger charge is -2.16. The van der Waals surface area contributed by atoms with Gasteiger partial charge < -0.3 is 5.73 Å². The predicted molar refractivity (Wildman–Crippen MR) is 67.8 cm³/mol. The van der Waals surface area contributed by atoms with Crippen LogP contribution in [0.5, 0.6) is 0 Å². The largest absolute Gasteiger partial charge is 0.330 e. The normalized spacial score (nSPS) is 11.9. The van der Waals surface area contributed by atoms with E-state index < -0.39 is 10.0 Å². The Bertz CT molecular complexity index is 420. The fraction of sp³-hybridized carbons (Fsp3) is 0.545. The molecule has 17 heavy (non-hydrogen) atoms. The van der Waals surface area contributed by atoms with Crippen molar-refractivity contribution in [2.75, 3.05) is 19.3 Å². The molecule has 1 heterocycles. The third kappa shape index (κ3) is 4.80. The van der Waals surface area contributed by atoms with Gasteiger partial charge in [0.1, 0.15) is 0 Å². The van der Waals surface area contributed by atoms with Gasteiger partial charge in [0.2, 0.25) is 10.0 Å². The molecule has 2 N–H and O–H groups in total. The summed E-state index contributed by atoms with van der Waals surface area (Å²) in [7, 11) is -1.58. The standard InChI is InChI=1S/C11H19N3O2S/c1-14(10-11-4-7-13-8-5-11)17(15,16)9-3-2-6-12/h4-5,7-8H,2-3,6,9-10,12H2,1H3. The van der Waals surface area contributed by atoms with Crippen LogP contribution < -0.4 is 5.73 Å². The van der Waals surface area contributed by atoms with Crippen molar-refractivity contribution in [1.82, 2.24) is 9.29 Å². The van der Waals surface area contributed by atoms with E-state index in [0.717, 1.165) is 12.0 Å². The van der Waals surface area contributed by atoms with Gasteiger partial charge in [0.05, 0.1) is 5.75 Å². The van der Waals surface area contributed by atoms with Crippen molar-refractivity contribution in [2.24, 2.45) is 5.73 Å². The maximum Gasteiger partial charge on any atom is 0.214 e. The first-order chi connectivity index (χ1) is 8.06. The molecule has 0 saturated heterocycles. The number of nitrogens with zero attached hydrogens (tertiary/aromatic N) is 2. The number of hydrogen-bond donors (Lipinski definition) is 1. The maximum absolute atomic E-state index is 11.9. The molecule has 0 unspecified atom stereocenters. The van der Waals surface area contributed by atoms with Gasteiger partial charge in [-0.25, -0.2) is 12.7 Å². The zero-order valence-corrected chi connectivity index (χ0v) is 10.9. The average molecular weight is 257 g/mol. The second-order valence-corrected chi connectivity index (χ2v) is 6.12. The van der Waals surface area contributed by atoms with Gasteiger partial charge in [-0.15, -0.1) is 0 Å². The molecule has 0 saturated carbocycles. The number of unbranched alkanes of at least 4 members (excludes halogenated alkanes) is 1. The molecule has 1 aromatic heterocycles. The molecule has 0 bridgehead atoms. The van der Waals surface area contributed by atoms with Crippen molar-refractivity contribution >= 4 is 10.0 Å². The molecule has 1 rings (SSSR count). The lowest BCUT2D eigenvalue weighted by atomic mass is 10.3. The Labute approximate surface area is 103 Å². The third-order valence-corrected chi connectivity index (χ3v) is 4.37. The molecule has 0 fully saturated rings. The van der Waals surface area contributed by atoms with Gasteiger partial charge in [-0.2, -0.15) is 0 Å². The number of sulfonamides is 1.